The quantitative estimate of drug-likeness (QED) is 0.789. The molecule has 1 saturated carbocycles. The van der Waals surface area contributed by atoms with E-state index in [1.807, 2.05) is 43.0 Å². The third kappa shape index (κ3) is 4.94. The molecule has 1 aliphatic carbocycles. The van der Waals surface area contributed by atoms with E-state index in [9.17, 15) is 4.79 Å². The topological polar surface area (TPSA) is 44.4 Å². The Hall–Kier alpha value is -1.62. The highest BCUT2D eigenvalue weighted by atomic mass is 32.1. The molecule has 0 bridgehead atoms. The Morgan fingerprint density at radius 3 is 2.62 bits per heavy atom. The standard InChI is InChI=1S/C19H29N3OS/c1-4-22(5-2)18(23)15-10-8-11-16(13-15)20-19(24)21-17-12-7-6-9-14(17)3/h8,10-11,13-14,17H,4-7,9,12H2,1-3H3,(H2,20,21,24)/t14-,17-/m1/s1. The fraction of sp³-hybridized carbons (Fsp3) is 0.579. The molecule has 2 N–H and O–H groups in total. The van der Waals surface area contributed by atoms with E-state index >= 15 is 0 Å². The van der Waals surface area contributed by atoms with Gasteiger partial charge in [0.15, 0.2) is 5.11 Å². The maximum Gasteiger partial charge on any atom is 0.253 e. The lowest BCUT2D eigenvalue weighted by atomic mass is 9.86. The molecule has 132 valence electrons. The van der Waals surface area contributed by atoms with E-state index in [1.54, 1.807) is 0 Å². The number of anilines is 1. The maximum atomic E-state index is 12.5. The highest BCUT2D eigenvalue weighted by molar-refractivity contribution is 7.80. The van der Waals surface area contributed by atoms with Crippen molar-refractivity contribution in [1.29, 1.82) is 0 Å². The molecule has 2 atom stereocenters. The average Bonchev–Trinajstić information content (AvgIpc) is 2.58. The van der Waals surface area contributed by atoms with E-state index in [1.165, 1.54) is 25.7 Å². The van der Waals surface area contributed by atoms with Crippen LogP contribution in [0.3, 0.4) is 0 Å². The van der Waals surface area contributed by atoms with Crippen LogP contribution in [0, 0.1) is 5.92 Å². The monoisotopic (exact) mass is 347 g/mol. The lowest BCUT2D eigenvalue weighted by molar-refractivity contribution is 0.0773. The van der Waals surface area contributed by atoms with Gasteiger partial charge in [-0.2, -0.15) is 0 Å². The molecular weight excluding hydrogens is 318 g/mol. The van der Waals surface area contributed by atoms with Gasteiger partial charge >= 0.3 is 0 Å². The van der Waals surface area contributed by atoms with Gasteiger partial charge in [-0.15, -0.1) is 0 Å². The number of carbonyl (C=O) groups excluding carboxylic acids is 1. The van der Waals surface area contributed by atoms with Crippen molar-refractivity contribution in [2.24, 2.45) is 5.92 Å². The lowest BCUT2D eigenvalue weighted by Gasteiger charge is -2.30. The van der Waals surface area contributed by atoms with Gasteiger partial charge in [0.2, 0.25) is 0 Å². The van der Waals surface area contributed by atoms with Gasteiger partial charge in [-0.25, -0.2) is 0 Å². The predicted molar refractivity (Wildman–Crippen MR) is 104 cm³/mol. The molecule has 1 aliphatic rings. The summed E-state index contributed by atoms with van der Waals surface area (Å²) in [5, 5.41) is 7.31. The molecule has 4 nitrogen and oxygen atoms in total. The van der Waals surface area contributed by atoms with Crippen LogP contribution in [0.5, 0.6) is 0 Å². The summed E-state index contributed by atoms with van der Waals surface area (Å²) in [5.41, 5.74) is 1.55. The van der Waals surface area contributed by atoms with Crippen molar-refractivity contribution >= 4 is 28.9 Å². The summed E-state index contributed by atoms with van der Waals surface area (Å²) >= 11 is 5.46. The highest BCUT2D eigenvalue weighted by Crippen LogP contribution is 2.23. The molecule has 0 unspecified atom stereocenters. The Kier molecular flexibility index (Phi) is 7.03. The molecule has 1 amide bonds. The normalized spacial score (nSPS) is 20.3. The number of nitrogens with zero attached hydrogens (tertiary/aromatic N) is 1. The molecule has 1 fully saturated rings. The molecule has 1 aromatic rings. The third-order valence-corrected chi connectivity index (χ3v) is 5.07. The number of amides is 1. The SMILES string of the molecule is CCN(CC)C(=O)c1cccc(NC(=S)N[C@@H]2CCCC[C@H]2C)c1. The van der Waals surface area contributed by atoms with Gasteiger partial charge in [0.25, 0.3) is 5.91 Å². The first kappa shape index (κ1) is 18.7. The number of benzene rings is 1. The molecule has 0 spiro atoms. The second kappa shape index (κ2) is 9.02. The second-order valence-electron chi connectivity index (χ2n) is 6.52. The number of carbonyl (C=O) groups is 1. The summed E-state index contributed by atoms with van der Waals surface area (Å²) < 4.78 is 0. The van der Waals surface area contributed by atoms with E-state index < -0.39 is 0 Å². The fourth-order valence-electron chi connectivity index (χ4n) is 3.29. The van der Waals surface area contributed by atoms with Crippen molar-refractivity contribution in [1.82, 2.24) is 10.2 Å². The van der Waals surface area contributed by atoms with E-state index in [-0.39, 0.29) is 5.91 Å². The van der Waals surface area contributed by atoms with Crippen LogP contribution in [0.4, 0.5) is 5.69 Å². The summed E-state index contributed by atoms with van der Waals surface area (Å²) in [6.45, 7) is 7.70. The van der Waals surface area contributed by atoms with Crippen molar-refractivity contribution in [3.05, 3.63) is 29.8 Å². The first-order valence-corrected chi connectivity index (χ1v) is 9.42. The number of rotatable bonds is 5. The van der Waals surface area contributed by atoms with Crippen molar-refractivity contribution in [3.63, 3.8) is 0 Å². The number of hydrogen-bond donors (Lipinski definition) is 2. The first-order valence-electron chi connectivity index (χ1n) is 9.02. The maximum absolute atomic E-state index is 12.5. The minimum atomic E-state index is 0.0587. The molecule has 0 aromatic heterocycles. The smallest absolute Gasteiger partial charge is 0.253 e. The number of hydrogen-bond acceptors (Lipinski definition) is 2. The Labute approximate surface area is 151 Å². The van der Waals surface area contributed by atoms with Crippen LogP contribution in [0.2, 0.25) is 0 Å². The largest absolute Gasteiger partial charge is 0.359 e. The van der Waals surface area contributed by atoms with Crippen molar-refractivity contribution in [2.75, 3.05) is 18.4 Å². The summed E-state index contributed by atoms with van der Waals surface area (Å²) in [6, 6.07) is 8.01. The highest BCUT2D eigenvalue weighted by Gasteiger charge is 2.21. The van der Waals surface area contributed by atoms with Crippen LogP contribution in [-0.2, 0) is 0 Å². The van der Waals surface area contributed by atoms with Gasteiger partial charge in [0.1, 0.15) is 0 Å². The van der Waals surface area contributed by atoms with Crippen LogP contribution < -0.4 is 10.6 Å². The molecule has 1 aromatic carbocycles. The molecule has 0 radical (unpaired) electrons. The Balaban J connectivity index is 1.98. The number of nitrogens with one attached hydrogen (secondary N) is 2. The van der Waals surface area contributed by atoms with Gasteiger partial charge in [-0.05, 0) is 63.0 Å². The average molecular weight is 348 g/mol. The second-order valence-corrected chi connectivity index (χ2v) is 6.93. The molecule has 5 heteroatoms. The minimum Gasteiger partial charge on any atom is -0.359 e. The molecule has 24 heavy (non-hydrogen) atoms. The summed E-state index contributed by atoms with van der Waals surface area (Å²) in [7, 11) is 0. The first-order chi connectivity index (χ1) is 11.5. The van der Waals surface area contributed by atoms with Crippen LogP contribution in [0.25, 0.3) is 0 Å². The zero-order chi connectivity index (χ0) is 17.5. The molecule has 0 saturated heterocycles. The van der Waals surface area contributed by atoms with Crippen LogP contribution in [0.1, 0.15) is 56.8 Å². The third-order valence-electron chi connectivity index (χ3n) is 4.85. The lowest BCUT2D eigenvalue weighted by Crippen LogP contribution is -2.43. The van der Waals surface area contributed by atoms with Gasteiger partial charge in [0, 0.05) is 30.4 Å². The van der Waals surface area contributed by atoms with Gasteiger partial charge < -0.3 is 15.5 Å². The summed E-state index contributed by atoms with van der Waals surface area (Å²) in [4.78, 5) is 14.3. The van der Waals surface area contributed by atoms with Gasteiger partial charge in [-0.1, -0.05) is 25.8 Å². The van der Waals surface area contributed by atoms with Gasteiger partial charge in [0.05, 0.1) is 0 Å². The predicted octanol–water partition coefficient (Wildman–Crippen LogP) is 4.03. The van der Waals surface area contributed by atoms with Crippen molar-refractivity contribution < 1.29 is 4.79 Å². The van der Waals surface area contributed by atoms with Crippen LogP contribution >= 0.6 is 12.2 Å². The number of thiocarbonyl (C=S) groups is 1. The Morgan fingerprint density at radius 2 is 1.96 bits per heavy atom. The van der Waals surface area contributed by atoms with Crippen LogP contribution in [-0.4, -0.2) is 35.1 Å². The molecular formula is C19H29N3OS. The van der Waals surface area contributed by atoms with E-state index in [0.29, 0.717) is 35.7 Å². The Morgan fingerprint density at radius 1 is 1.25 bits per heavy atom. The van der Waals surface area contributed by atoms with Crippen LogP contribution in [0.15, 0.2) is 24.3 Å². The van der Waals surface area contributed by atoms with Crippen molar-refractivity contribution in [3.8, 4) is 0 Å². The zero-order valence-electron chi connectivity index (χ0n) is 15.0. The van der Waals surface area contributed by atoms with E-state index in [2.05, 4.69) is 17.6 Å². The molecule has 0 aliphatic heterocycles. The molecule has 2 rings (SSSR count). The summed E-state index contributed by atoms with van der Waals surface area (Å²) in [6.07, 6.45) is 5.01. The molecule has 0 heterocycles. The van der Waals surface area contributed by atoms with E-state index in [4.69, 9.17) is 12.2 Å². The minimum absolute atomic E-state index is 0.0587. The zero-order valence-corrected chi connectivity index (χ0v) is 15.8. The Bertz CT molecular complexity index is 571. The van der Waals surface area contributed by atoms with Gasteiger partial charge in [-0.3, -0.25) is 4.79 Å². The van der Waals surface area contributed by atoms with Crippen molar-refractivity contribution in [2.45, 2.75) is 52.5 Å². The fourth-order valence-corrected chi connectivity index (χ4v) is 3.56. The summed E-state index contributed by atoms with van der Waals surface area (Å²) in [5.74, 6) is 0.706. The van der Waals surface area contributed by atoms with E-state index in [0.717, 1.165) is 5.69 Å².